The summed E-state index contributed by atoms with van der Waals surface area (Å²) in [6.45, 7) is 0. The van der Waals surface area contributed by atoms with Crippen LogP contribution in [-0.4, -0.2) is 26.6 Å². The first-order chi connectivity index (χ1) is 11.4. The van der Waals surface area contributed by atoms with Crippen LogP contribution in [0, 0.1) is 0 Å². The molecular weight excluding hydrogens is 341 g/mol. The SMILES string of the molecule is O=C(CSc1ccc(C(F)(F)F)cn1)Nc1nc2ccccc2[nH]1. The van der Waals surface area contributed by atoms with Crippen molar-refractivity contribution in [1.82, 2.24) is 15.0 Å². The monoisotopic (exact) mass is 352 g/mol. The third-order valence-electron chi connectivity index (χ3n) is 3.06. The zero-order valence-electron chi connectivity index (χ0n) is 12.1. The molecule has 3 rings (SSSR count). The van der Waals surface area contributed by atoms with Gasteiger partial charge in [0.2, 0.25) is 11.9 Å². The minimum Gasteiger partial charge on any atom is -0.324 e. The van der Waals surface area contributed by atoms with Crippen molar-refractivity contribution in [2.24, 2.45) is 0 Å². The quantitative estimate of drug-likeness (QED) is 0.702. The van der Waals surface area contributed by atoms with Gasteiger partial charge in [0.15, 0.2) is 0 Å². The van der Waals surface area contributed by atoms with Gasteiger partial charge in [-0.1, -0.05) is 23.9 Å². The number of amides is 1. The lowest BCUT2D eigenvalue weighted by atomic mass is 10.3. The third-order valence-corrected chi connectivity index (χ3v) is 4.01. The molecule has 24 heavy (non-hydrogen) atoms. The minimum absolute atomic E-state index is 0.00934. The number of benzene rings is 1. The van der Waals surface area contributed by atoms with Gasteiger partial charge in [0.05, 0.1) is 27.4 Å². The van der Waals surface area contributed by atoms with Crippen LogP contribution in [0.1, 0.15) is 5.56 Å². The van der Waals surface area contributed by atoms with Crippen LogP contribution in [0.15, 0.2) is 47.6 Å². The summed E-state index contributed by atoms with van der Waals surface area (Å²) >= 11 is 1.04. The first-order valence-electron chi connectivity index (χ1n) is 6.82. The molecule has 9 heteroatoms. The molecule has 0 atom stereocenters. The van der Waals surface area contributed by atoms with Crippen molar-refractivity contribution < 1.29 is 18.0 Å². The van der Waals surface area contributed by atoms with Gasteiger partial charge in [-0.3, -0.25) is 10.1 Å². The van der Waals surface area contributed by atoms with E-state index in [2.05, 4.69) is 20.3 Å². The number of pyridine rings is 1. The Hall–Kier alpha value is -2.55. The fourth-order valence-corrected chi connectivity index (χ4v) is 2.60. The number of carbonyl (C=O) groups is 1. The maximum absolute atomic E-state index is 12.4. The van der Waals surface area contributed by atoms with Gasteiger partial charge < -0.3 is 4.98 Å². The van der Waals surface area contributed by atoms with Gasteiger partial charge in [-0.25, -0.2) is 9.97 Å². The van der Waals surface area contributed by atoms with Crippen LogP contribution in [0.2, 0.25) is 0 Å². The molecule has 0 fully saturated rings. The van der Waals surface area contributed by atoms with Gasteiger partial charge in [0, 0.05) is 6.20 Å². The smallest absolute Gasteiger partial charge is 0.324 e. The second kappa shape index (κ2) is 6.52. The number of H-pyrrole nitrogens is 1. The van der Waals surface area contributed by atoms with E-state index in [1.165, 1.54) is 6.07 Å². The molecule has 5 nitrogen and oxygen atoms in total. The third kappa shape index (κ3) is 3.85. The number of rotatable bonds is 4. The van der Waals surface area contributed by atoms with Crippen molar-refractivity contribution in [2.75, 3.05) is 11.1 Å². The van der Waals surface area contributed by atoms with E-state index in [-0.39, 0.29) is 11.7 Å². The van der Waals surface area contributed by atoms with Crippen molar-refractivity contribution in [1.29, 1.82) is 0 Å². The Labute approximate surface area is 138 Å². The highest BCUT2D eigenvalue weighted by atomic mass is 32.2. The molecule has 0 aliphatic rings. The summed E-state index contributed by atoms with van der Waals surface area (Å²) in [5, 5.41) is 2.94. The number of aromatic nitrogens is 3. The molecule has 1 aromatic carbocycles. The zero-order chi connectivity index (χ0) is 17.2. The molecule has 3 aromatic rings. The molecular formula is C15H11F3N4OS. The maximum Gasteiger partial charge on any atom is 0.417 e. The van der Waals surface area contributed by atoms with E-state index >= 15 is 0 Å². The number of anilines is 1. The van der Waals surface area contributed by atoms with Crippen molar-refractivity contribution in [3.05, 3.63) is 48.2 Å². The van der Waals surface area contributed by atoms with Crippen LogP contribution >= 0.6 is 11.8 Å². The number of carbonyl (C=O) groups excluding carboxylic acids is 1. The molecule has 0 aliphatic heterocycles. The van der Waals surface area contributed by atoms with E-state index in [0.29, 0.717) is 11.0 Å². The first-order valence-corrected chi connectivity index (χ1v) is 7.81. The number of para-hydroxylation sites is 2. The Balaban J connectivity index is 1.57. The molecule has 2 aromatic heterocycles. The van der Waals surface area contributed by atoms with Gasteiger partial charge in [-0.15, -0.1) is 0 Å². The van der Waals surface area contributed by atoms with Crippen molar-refractivity contribution in [3.63, 3.8) is 0 Å². The molecule has 0 aliphatic carbocycles. The number of aromatic amines is 1. The Kier molecular flexibility index (Phi) is 4.43. The van der Waals surface area contributed by atoms with E-state index < -0.39 is 11.7 Å². The number of imidazole rings is 1. The van der Waals surface area contributed by atoms with E-state index in [4.69, 9.17) is 0 Å². The van der Waals surface area contributed by atoms with Crippen LogP contribution in [0.5, 0.6) is 0 Å². The fourth-order valence-electron chi connectivity index (χ4n) is 1.95. The second-order valence-electron chi connectivity index (χ2n) is 4.82. The van der Waals surface area contributed by atoms with Gasteiger partial charge in [-0.2, -0.15) is 13.2 Å². The number of hydrogen-bond donors (Lipinski definition) is 2. The summed E-state index contributed by atoms with van der Waals surface area (Å²) in [6, 6.07) is 9.49. The largest absolute Gasteiger partial charge is 0.417 e. The van der Waals surface area contributed by atoms with Gasteiger partial charge in [0.25, 0.3) is 0 Å². The van der Waals surface area contributed by atoms with E-state index in [0.717, 1.165) is 35.1 Å². The highest BCUT2D eigenvalue weighted by molar-refractivity contribution is 7.99. The van der Waals surface area contributed by atoms with E-state index in [9.17, 15) is 18.0 Å². The topological polar surface area (TPSA) is 70.7 Å². The Morgan fingerprint density at radius 1 is 1.21 bits per heavy atom. The average molecular weight is 352 g/mol. The van der Waals surface area contributed by atoms with Crippen LogP contribution in [0.3, 0.4) is 0 Å². The number of thioether (sulfide) groups is 1. The highest BCUT2D eigenvalue weighted by Crippen LogP contribution is 2.29. The summed E-state index contributed by atoms with van der Waals surface area (Å²) < 4.78 is 37.3. The molecule has 0 saturated heterocycles. The van der Waals surface area contributed by atoms with Crippen LogP contribution in [0.4, 0.5) is 19.1 Å². The lowest BCUT2D eigenvalue weighted by molar-refractivity contribution is -0.137. The van der Waals surface area contributed by atoms with Crippen LogP contribution < -0.4 is 5.32 Å². The lowest BCUT2D eigenvalue weighted by Gasteiger charge is -2.06. The summed E-state index contributed by atoms with van der Waals surface area (Å²) in [4.78, 5) is 22.8. The Morgan fingerprint density at radius 2 is 2.00 bits per heavy atom. The maximum atomic E-state index is 12.4. The molecule has 124 valence electrons. The molecule has 1 amide bonds. The summed E-state index contributed by atoms with van der Waals surface area (Å²) in [5.41, 5.74) is 0.702. The zero-order valence-corrected chi connectivity index (χ0v) is 12.9. The first kappa shape index (κ1) is 16.3. The highest BCUT2D eigenvalue weighted by Gasteiger charge is 2.30. The number of nitrogens with zero attached hydrogens (tertiary/aromatic N) is 2. The predicted octanol–water partition coefficient (Wildman–Crippen LogP) is 3.71. The van der Waals surface area contributed by atoms with E-state index in [1.807, 2.05) is 24.3 Å². The van der Waals surface area contributed by atoms with Crippen molar-refractivity contribution in [3.8, 4) is 0 Å². The molecule has 0 bridgehead atoms. The number of hydrogen-bond acceptors (Lipinski definition) is 4. The van der Waals surface area contributed by atoms with Gasteiger partial charge in [0.1, 0.15) is 0 Å². The summed E-state index contributed by atoms with van der Waals surface area (Å²) in [5.74, 6) is -0.00184. The molecule has 0 unspecified atom stereocenters. The fraction of sp³-hybridized carbons (Fsp3) is 0.133. The average Bonchev–Trinajstić information content (AvgIpc) is 2.94. The van der Waals surface area contributed by atoms with Crippen molar-refractivity contribution >= 4 is 34.7 Å². The predicted molar refractivity (Wildman–Crippen MR) is 84.7 cm³/mol. The molecule has 0 saturated carbocycles. The number of alkyl halides is 3. The lowest BCUT2D eigenvalue weighted by Crippen LogP contribution is -2.15. The Bertz CT molecular complexity index is 828. The van der Waals surface area contributed by atoms with E-state index in [1.54, 1.807) is 0 Å². The minimum atomic E-state index is -4.42. The molecule has 2 N–H and O–H groups in total. The second-order valence-corrected chi connectivity index (χ2v) is 5.82. The van der Waals surface area contributed by atoms with Crippen LogP contribution in [0.25, 0.3) is 11.0 Å². The Morgan fingerprint density at radius 3 is 2.67 bits per heavy atom. The number of halogens is 3. The molecule has 2 heterocycles. The number of fused-ring (bicyclic) bond motifs is 1. The number of nitrogens with one attached hydrogen (secondary N) is 2. The summed E-state index contributed by atoms with van der Waals surface area (Å²) in [7, 11) is 0. The van der Waals surface area contributed by atoms with Gasteiger partial charge in [-0.05, 0) is 24.3 Å². The van der Waals surface area contributed by atoms with Crippen LogP contribution in [-0.2, 0) is 11.0 Å². The normalized spacial score (nSPS) is 11.6. The molecule has 0 spiro atoms. The standard InChI is InChI=1S/C15H11F3N4OS/c16-15(17,18)9-5-6-13(19-7-9)24-8-12(23)22-14-20-10-3-1-2-4-11(10)21-14/h1-7H,8H2,(H2,20,21,22,23). The molecule has 0 radical (unpaired) electrons. The van der Waals surface area contributed by atoms with Crippen molar-refractivity contribution in [2.45, 2.75) is 11.2 Å². The van der Waals surface area contributed by atoms with Gasteiger partial charge >= 0.3 is 6.18 Å². The summed E-state index contributed by atoms with van der Waals surface area (Å²) in [6.07, 6.45) is -3.67.